The molecule has 3 heterocycles. The Labute approximate surface area is 210 Å². The van der Waals surface area contributed by atoms with Gasteiger partial charge in [0.1, 0.15) is 11.4 Å². The van der Waals surface area contributed by atoms with Gasteiger partial charge in [0.15, 0.2) is 12.4 Å². The Hall–Kier alpha value is -4.30. The highest BCUT2D eigenvalue weighted by atomic mass is 35.5. The monoisotopic (exact) mass is 503 g/mol. The Kier molecular flexibility index (Phi) is 5.89. The molecule has 36 heavy (non-hydrogen) atoms. The van der Waals surface area contributed by atoms with E-state index in [-0.39, 0.29) is 22.5 Å². The molecule has 0 bridgehead atoms. The van der Waals surface area contributed by atoms with E-state index in [4.69, 9.17) is 11.6 Å². The van der Waals surface area contributed by atoms with E-state index in [1.165, 1.54) is 28.9 Å². The maximum Gasteiger partial charge on any atom is 0.331 e. The largest absolute Gasteiger partial charge is 0.331 e. The Balaban J connectivity index is 1.77. The van der Waals surface area contributed by atoms with Crippen LogP contribution in [0, 0.1) is 12.7 Å². The summed E-state index contributed by atoms with van der Waals surface area (Å²) in [5.74, 6) is -1.77. The van der Waals surface area contributed by atoms with Crippen molar-refractivity contribution in [3.8, 4) is 5.69 Å². The van der Waals surface area contributed by atoms with Gasteiger partial charge in [-0.1, -0.05) is 18.5 Å². The third kappa shape index (κ3) is 3.85. The molecule has 0 spiro atoms. The zero-order valence-electron chi connectivity index (χ0n) is 19.5. The lowest BCUT2D eigenvalue weighted by molar-refractivity contribution is -0.577. The molecular formula is C27H21ClFN4O3+. The number of aromatic nitrogens is 3. The van der Waals surface area contributed by atoms with E-state index in [0.717, 1.165) is 10.5 Å². The molecule has 4 aromatic rings. The van der Waals surface area contributed by atoms with Gasteiger partial charge in [-0.15, -0.1) is 0 Å². The number of anilines is 1. The zero-order chi connectivity index (χ0) is 25.6. The molecule has 1 aliphatic heterocycles. The molecule has 0 aliphatic carbocycles. The summed E-state index contributed by atoms with van der Waals surface area (Å²) in [6.45, 7) is 3.71. The first kappa shape index (κ1) is 23.4. The maximum atomic E-state index is 13.8. The van der Waals surface area contributed by atoms with Crippen LogP contribution in [0.5, 0.6) is 0 Å². The number of rotatable bonds is 5. The van der Waals surface area contributed by atoms with Crippen LogP contribution in [0.15, 0.2) is 77.9 Å². The fourth-order valence-electron chi connectivity index (χ4n) is 4.31. The first-order chi connectivity index (χ1) is 17.3. The predicted octanol–water partition coefficient (Wildman–Crippen LogP) is 4.06. The number of amides is 2. The number of nitrogens with one attached hydrogen (secondary N) is 1. The van der Waals surface area contributed by atoms with E-state index >= 15 is 0 Å². The van der Waals surface area contributed by atoms with Gasteiger partial charge in [-0.25, -0.2) is 14.0 Å². The van der Waals surface area contributed by atoms with Gasteiger partial charge in [0.25, 0.3) is 17.2 Å². The number of halogens is 2. The van der Waals surface area contributed by atoms with Crippen LogP contribution in [0.4, 0.5) is 10.1 Å². The summed E-state index contributed by atoms with van der Waals surface area (Å²) in [5.41, 5.74) is 1.75. The van der Waals surface area contributed by atoms with Gasteiger partial charge in [0.2, 0.25) is 0 Å². The van der Waals surface area contributed by atoms with E-state index in [0.29, 0.717) is 22.8 Å². The van der Waals surface area contributed by atoms with Crippen LogP contribution in [0.3, 0.4) is 0 Å². The van der Waals surface area contributed by atoms with Crippen LogP contribution in [-0.4, -0.2) is 21.6 Å². The molecule has 2 amide bonds. The van der Waals surface area contributed by atoms with Crippen LogP contribution in [0.1, 0.15) is 23.7 Å². The van der Waals surface area contributed by atoms with Crippen LogP contribution in [0.2, 0.25) is 5.02 Å². The molecule has 5 rings (SSSR count). The van der Waals surface area contributed by atoms with Crippen LogP contribution in [-0.2, 0) is 16.0 Å². The fraction of sp³-hybridized carbons (Fsp3) is 0.111. The molecule has 2 aromatic carbocycles. The van der Waals surface area contributed by atoms with Crippen LogP contribution < -0.4 is 15.0 Å². The lowest BCUT2D eigenvalue weighted by Gasteiger charge is -2.13. The van der Waals surface area contributed by atoms with Gasteiger partial charge < -0.3 is 0 Å². The van der Waals surface area contributed by atoms with Crippen molar-refractivity contribution in [2.24, 2.45) is 0 Å². The Morgan fingerprint density at radius 3 is 2.25 bits per heavy atom. The van der Waals surface area contributed by atoms with Gasteiger partial charge in [-0.2, -0.15) is 4.57 Å². The lowest BCUT2D eigenvalue weighted by atomic mass is 10.0. The number of carbonyl (C=O) groups is 2. The highest BCUT2D eigenvalue weighted by Gasteiger charge is 2.48. The first-order valence-electron chi connectivity index (χ1n) is 11.3. The van der Waals surface area contributed by atoms with E-state index in [2.05, 4.69) is 5.10 Å². The van der Waals surface area contributed by atoms with Crippen molar-refractivity contribution >= 4 is 40.4 Å². The molecule has 0 unspecified atom stereocenters. The summed E-state index contributed by atoms with van der Waals surface area (Å²) >= 11 is 6.01. The topological polar surface area (TPSA) is 79.1 Å². The van der Waals surface area contributed by atoms with Crippen molar-refractivity contribution in [2.45, 2.75) is 20.3 Å². The number of hydrogen-bond acceptors (Lipinski definition) is 3. The highest BCUT2D eigenvalue weighted by molar-refractivity contribution is 6.53. The molecule has 0 fully saturated rings. The van der Waals surface area contributed by atoms with Crippen molar-refractivity contribution in [1.82, 2.24) is 9.78 Å². The fourth-order valence-corrected chi connectivity index (χ4v) is 4.43. The summed E-state index contributed by atoms with van der Waals surface area (Å²) in [6.07, 6.45) is 3.76. The molecule has 0 saturated heterocycles. The number of H-pyrrole nitrogens is 1. The van der Waals surface area contributed by atoms with E-state index in [1.54, 1.807) is 47.3 Å². The van der Waals surface area contributed by atoms with Crippen molar-refractivity contribution < 1.29 is 18.5 Å². The summed E-state index contributed by atoms with van der Waals surface area (Å²) in [6, 6.07) is 15.4. The molecule has 9 heteroatoms. The normalized spacial score (nSPS) is 13.7. The summed E-state index contributed by atoms with van der Waals surface area (Å²) < 4.78 is 16.5. The second-order valence-electron chi connectivity index (χ2n) is 8.37. The number of pyridine rings is 1. The third-order valence-corrected chi connectivity index (χ3v) is 6.26. The average molecular weight is 504 g/mol. The molecule has 0 radical (unpaired) electrons. The average Bonchev–Trinajstić information content (AvgIpc) is 3.32. The second-order valence-corrected chi connectivity index (χ2v) is 8.81. The molecule has 180 valence electrons. The van der Waals surface area contributed by atoms with Gasteiger partial charge in [-0.05, 0) is 67.9 Å². The van der Waals surface area contributed by atoms with Gasteiger partial charge >= 0.3 is 5.91 Å². The highest BCUT2D eigenvalue weighted by Crippen LogP contribution is 2.33. The third-order valence-electron chi connectivity index (χ3n) is 6.00. The minimum atomic E-state index is -0.662. The van der Waals surface area contributed by atoms with Crippen LogP contribution >= 0.6 is 11.6 Å². The SMILES string of the molecule is CCc1[nH]n(-c2ccc(Cl)cc2)c(=O)c1C1=C([n+]2cccc(C)c2)C(=O)N(c2ccc(F)cc2)C1=O. The molecule has 1 N–H and O–H groups in total. The number of carbonyl (C=O) groups excluding carboxylic acids is 2. The van der Waals surface area contributed by atoms with Crippen molar-refractivity contribution in [3.05, 3.63) is 111 Å². The van der Waals surface area contributed by atoms with Gasteiger partial charge in [0.05, 0.1) is 16.9 Å². The Morgan fingerprint density at radius 2 is 1.61 bits per heavy atom. The Bertz CT molecular complexity index is 1600. The minimum Gasteiger partial charge on any atom is -0.294 e. The number of imide groups is 1. The molecule has 0 saturated carbocycles. The number of aromatic amines is 1. The molecular weight excluding hydrogens is 483 g/mol. The van der Waals surface area contributed by atoms with Crippen molar-refractivity contribution in [1.29, 1.82) is 0 Å². The van der Waals surface area contributed by atoms with E-state index < -0.39 is 23.2 Å². The predicted molar refractivity (Wildman–Crippen MR) is 134 cm³/mol. The Morgan fingerprint density at radius 1 is 0.944 bits per heavy atom. The van der Waals surface area contributed by atoms with Crippen molar-refractivity contribution in [2.75, 3.05) is 4.90 Å². The van der Waals surface area contributed by atoms with E-state index in [9.17, 15) is 18.8 Å². The number of hydrogen-bond donors (Lipinski definition) is 1. The first-order valence-corrected chi connectivity index (χ1v) is 11.6. The standard InChI is InChI=1S/C27H20ClFN4O3/c1-3-21-22(26(35)33(30-21)20-10-6-17(28)7-11-20)23-24(31-14-4-5-16(2)15-31)27(36)32(25(23)34)19-12-8-18(29)9-13-19/h4-15H,3H2,1-2H3/p+1. The number of nitrogens with zero attached hydrogens (tertiary/aromatic N) is 3. The van der Waals surface area contributed by atoms with Crippen LogP contribution in [0.25, 0.3) is 17.0 Å². The number of benzene rings is 2. The number of aryl methyl sites for hydroxylation is 2. The molecule has 1 aliphatic rings. The smallest absolute Gasteiger partial charge is 0.294 e. The lowest BCUT2D eigenvalue weighted by Crippen LogP contribution is -2.39. The quantitative estimate of drug-likeness (QED) is 0.329. The van der Waals surface area contributed by atoms with E-state index in [1.807, 2.05) is 19.9 Å². The van der Waals surface area contributed by atoms with Gasteiger partial charge in [0, 0.05) is 22.3 Å². The summed E-state index contributed by atoms with van der Waals surface area (Å²) in [4.78, 5) is 42.3. The maximum absolute atomic E-state index is 13.8. The minimum absolute atomic E-state index is 0.0225. The molecule has 2 aromatic heterocycles. The molecule has 7 nitrogen and oxygen atoms in total. The second kappa shape index (κ2) is 9.05. The summed E-state index contributed by atoms with van der Waals surface area (Å²) in [7, 11) is 0. The summed E-state index contributed by atoms with van der Waals surface area (Å²) in [5, 5.41) is 3.59. The van der Waals surface area contributed by atoms with Crippen molar-refractivity contribution in [3.63, 3.8) is 0 Å². The molecule has 0 atom stereocenters. The van der Waals surface area contributed by atoms with Gasteiger partial charge in [-0.3, -0.25) is 19.5 Å². The zero-order valence-corrected chi connectivity index (χ0v) is 20.2.